The molecule has 0 fully saturated rings. The van der Waals surface area contributed by atoms with Crippen molar-refractivity contribution in [1.29, 1.82) is 0 Å². The second-order valence-electron chi connectivity index (χ2n) is 6.05. The molecule has 0 heterocycles. The molecule has 3 nitrogen and oxygen atoms in total. The summed E-state index contributed by atoms with van der Waals surface area (Å²) in [6.45, 7) is 8.89. The molecule has 0 atom stereocenters. The lowest BCUT2D eigenvalue weighted by molar-refractivity contribution is -0.117. The summed E-state index contributed by atoms with van der Waals surface area (Å²) in [7, 11) is 0. The minimum absolute atomic E-state index is 0.0361. The Morgan fingerprint density at radius 3 is 1.27 bits per heavy atom. The molecule has 22 heavy (non-hydrogen) atoms. The van der Waals surface area contributed by atoms with Crippen molar-refractivity contribution in [1.82, 2.24) is 0 Å². The molecule has 0 aliphatic carbocycles. The molecule has 2 aromatic carbocycles. The summed E-state index contributed by atoms with van der Waals surface area (Å²) in [5.74, 6) is 0.179. The van der Waals surface area contributed by atoms with Gasteiger partial charge in [0.1, 0.15) is 17.3 Å². The lowest BCUT2D eigenvalue weighted by Gasteiger charge is -2.19. The Balaban J connectivity index is 2.64. The first kappa shape index (κ1) is 16.1. The van der Waals surface area contributed by atoms with Crippen molar-refractivity contribution in [2.45, 2.75) is 40.5 Å². The summed E-state index contributed by atoms with van der Waals surface area (Å²) in [6, 6.07) is 7.41. The van der Waals surface area contributed by atoms with E-state index < -0.39 is 5.92 Å². The molecule has 0 unspecified atom stereocenters. The summed E-state index contributed by atoms with van der Waals surface area (Å²) in [5, 5.41) is 19.9. The largest absolute Gasteiger partial charge is 0.507 e. The van der Waals surface area contributed by atoms with Gasteiger partial charge in [-0.3, -0.25) is 4.79 Å². The maximum atomic E-state index is 12.2. The zero-order valence-corrected chi connectivity index (χ0v) is 13.7. The Labute approximate surface area is 131 Å². The maximum absolute atomic E-state index is 12.2. The third-order valence-corrected chi connectivity index (χ3v) is 4.10. The number of phenolic OH excluding ortho intramolecular Hbond substituents is 2. The Hall–Kier alpha value is -2.29. The Kier molecular flexibility index (Phi) is 4.27. The fraction of sp³-hybridized carbons (Fsp3) is 0.316. The predicted molar refractivity (Wildman–Crippen MR) is 87.7 cm³/mol. The van der Waals surface area contributed by atoms with E-state index in [0.717, 1.165) is 33.4 Å². The Morgan fingerprint density at radius 1 is 0.773 bits per heavy atom. The van der Waals surface area contributed by atoms with Crippen LogP contribution >= 0.6 is 0 Å². The fourth-order valence-corrected chi connectivity index (χ4v) is 2.97. The van der Waals surface area contributed by atoms with Crippen molar-refractivity contribution in [3.05, 3.63) is 57.6 Å². The molecular weight excluding hydrogens is 276 g/mol. The molecule has 0 radical (unpaired) electrons. The molecule has 0 aromatic heterocycles. The molecule has 0 aliphatic heterocycles. The molecule has 0 saturated heterocycles. The average Bonchev–Trinajstić information content (AvgIpc) is 2.41. The summed E-state index contributed by atoms with van der Waals surface area (Å²) in [5.41, 5.74) is 4.76. The third kappa shape index (κ3) is 2.84. The first-order valence-corrected chi connectivity index (χ1v) is 7.33. The van der Waals surface area contributed by atoms with Gasteiger partial charge in [-0.05, 0) is 68.0 Å². The highest BCUT2D eigenvalue weighted by atomic mass is 16.3. The minimum Gasteiger partial charge on any atom is -0.507 e. The zero-order chi connectivity index (χ0) is 16.6. The van der Waals surface area contributed by atoms with E-state index in [1.807, 2.05) is 52.0 Å². The second-order valence-corrected chi connectivity index (χ2v) is 6.05. The Morgan fingerprint density at radius 2 is 1.05 bits per heavy atom. The van der Waals surface area contributed by atoms with Gasteiger partial charge in [-0.1, -0.05) is 24.3 Å². The monoisotopic (exact) mass is 298 g/mol. The number of hydrogen-bond acceptors (Lipinski definition) is 3. The van der Waals surface area contributed by atoms with Crippen LogP contribution in [0, 0.1) is 27.7 Å². The van der Waals surface area contributed by atoms with E-state index >= 15 is 0 Å². The van der Waals surface area contributed by atoms with E-state index in [-0.39, 0.29) is 17.3 Å². The van der Waals surface area contributed by atoms with E-state index in [1.54, 1.807) is 6.92 Å². The molecule has 0 spiro atoms. The van der Waals surface area contributed by atoms with Gasteiger partial charge in [-0.15, -0.1) is 0 Å². The molecule has 0 saturated carbocycles. The van der Waals surface area contributed by atoms with Gasteiger partial charge in [0.25, 0.3) is 0 Å². The number of Topliss-reactive ketones (excluding diaryl/α,β-unsaturated/α-hetero) is 1. The fourth-order valence-electron chi connectivity index (χ4n) is 2.97. The number of carbonyl (C=O) groups excluding carboxylic acids is 1. The molecular formula is C19H22O3. The van der Waals surface area contributed by atoms with Gasteiger partial charge in [-0.25, -0.2) is 0 Å². The van der Waals surface area contributed by atoms with Gasteiger partial charge >= 0.3 is 0 Å². The van der Waals surface area contributed by atoms with Crippen LogP contribution in [0.25, 0.3) is 0 Å². The maximum Gasteiger partial charge on any atom is 0.141 e. The highest BCUT2D eigenvalue weighted by Gasteiger charge is 2.22. The normalized spacial score (nSPS) is 11.0. The number of rotatable bonds is 3. The van der Waals surface area contributed by atoms with Crippen LogP contribution in [0.5, 0.6) is 11.5 Å². The van der Waals surface area contributed by atoms with E-state index in [2.05, 4.69) is 0 Å². The number of hydrogen-bond donors (Lipinski definition) is 2. The van der Waals surface area contributed by atoms with Gasteiger partial charge in [0.05, 0.1) is 5.92 Å². The van der Waals surface area contributed by atoms with Crippen molar-refractivity contribution >= 4 is 5.78 Å². The van der Waals surface area contributed by atoms with E-state index in [9.17, 15) is 15.0 Å². The number of ketones is 1. The van der Waals surface area contributed by atoms with Gasteiger partial charge in [0.2, 0.25) is 0 Å². The van der Waals surface area contributed by atoms with Crippen molar-refractivity contribution in [3.63, 3.8) is 0 Å². The number of carbonyl (C=O) groups is 1. The zero-order valence-electron chi connectivity index (χ0n) is 13.7. The molecule has 0 amide bonds. The van der Waals surface area contributed by atoms with Crippen LogP contribution in [0.3, 0.4) is 0 Å². The first-order valence-electron chi connectivity index (χ1n) is 7.33. The van der Waals surface area contributed by atoms with Crippen LogP contribution in [-0.2, 0) is 4.79 Å². The third-order valence-electron chi connectivity index (χ3n) is 4.10. The van der Waals surface area contributed by atoms with Crippen LogP contribution in [-0.4, -0.2) is 16.0 Å². The Bertz CT molecular complexity index is 641. The number of benzene rings is 2. The second kappa shape index (κ2) is 5.84. The van der Waals surface area contributed by atoms with Gasteiger partial charge in [0.15, 0.2) is 0 Å². The van der Waals surface area contributed by atoms with Crippen molar-refractivity contribution in [2.75, 3.05) is 0 Å². The predicted octanol–water partition coefficient (Wildman–Crippen LogP) is 4.05. The standard InChI is InChI=1S/C19H22O3/c1-10-6-15(7-11(2)18(10)21)17(14(5)20)16-8-12(3)19(22)13(4)9-16/h6-9,17,21-22H,1-5H3. The number of aryl methyl sites for hydroxylation is 4. The van der Waals surface area contributed by atoms with Crippen LogP contribution < -0.4 is 0 Å². The number of aromatic hydroxyl groups is 2. The summed E-state index contributed by atoms with van der Waals surface area (Å²) in [4.78, 5) is 12.2. The molecule has 3 heteroatoms. The summed E-state index contributed by atoms with van der Waals surface area (Å²) in [6.07, 6.45) is 0. The molecule has 0 bridgehead atoms. The smallest absolute Gasteiger partial charge is 0.141 e. The SMILES string of the molecule is CC(=O)C(c1cc(C)c(O)c(C)c1)c1cc(C)c(O)c(C)c1. The topological polar surface area (TPSA) is 57.5 Å². The average molecular weight is 298 g/mol. The first-order chi connectivity index (χ1) is 10.2. The summed E-state index contributed by atoms with van der Waals surface area (Å²) >= 11 is 0. The lowest BCUT2D eigenvalue weighted by atomic mass is 9.85. The highest BCUT2D eigenvalue weighted by Crippen LogP contribution is 2.34. The van der Waals surface area contributed by atoms with Crippen molar-refractivity contribution < 1.29 is 15.0 Å². The lowest BCUT2D eigenvalue weighted by Crippen LogP contribution is -2.12. The van der Waals surface area contributed by atoms with E-state index in [0.29, 0.717) is 0 Å². The van der Waals surface area contributed by atoms with E-state index in [1.165, 1.54) is 0 Å². The van der Waals surface area contributed by atoms with Gasteiger partial charge in [-0.2, -0.15) is 0 Å². The molecule has 2 rings (SSSR count). The molecule has 2 aromatic rings. The molecule has 2 N–H and O–H groups in total. The van der Waals surface area contributed by atoms with Crippen LogP contribution in [0.15, 0.2) is 24.3 Å². The van der Waals surface area contributed by atoms with Crippen molar-refractivity contribution in [3.8, 4) is 11.5 Å². The highest BCUT2D eigenvalue weighted by molar-refractivity contribution is 5.87. The van der Waals surface area contributed by atoms with Crippen molar-refractivity contribution in [2.24, 2.45) is 0 Å². The van der Waals surface area contributed by atoms with Crippen LogP contribution in [0.4, 0.5) is 0 Å². The summed E-state index contributed by atoms with van der Waals surface area (Å²) < 4.78 is 0. The number of phenols is 2. The van der Waals surface area contributed by atoms with Gasteiger partial charge < -0.3 is 10.2 Å². The van der Waals surface area contributed by atoms with E-state index in [4.69, 9.17) is 0 Å². The van der Waals surface area contributed by atoms with Gasteiger partial charge in [0, 0.05) is 0 Å². The quantitative estimate of drug-likeness (QED) is 0.898. The minimum atomic E-state index is -0.393. The molecule has 116 valence electrons. The molecule has 0 aliphatic rings. The van der Waals surface area contributed by atoms with Crippen LogP contribution in [0.2, 0.25) is 0 Å². The van der Waals surface area contributed by atoms with Crippen LogP contribution in [0.1, 0.15) is 46.2 Å².